The molecule has 0 spiro atoms. The van der Waals surface area contributed by atoms with E-state index < -0.39 is 0 Å². The molecule has 1 nitrogen and oxygen atoms in total. The molecule has 2 heteroatoms. The van der Waals surface area contributed by atoms with E-state index >= 15 is 0 Å². The van der Waals surface area contributed by atoms with Crippen LogP contribution in [0, 0.1) is 0 Å². The lowest BCUT2D eigenvalue weighted by atomic mass is 9.81. The first-order valence-electron chi connectivity index (χ1n) is 6.75. The van der Waals surface area contributed by atoms with Crippen LogP contribution in [0.4, 0.5) is 0 Å². The van der Waals surface area contributed by atoms with Crippen molar-refractivity contribution in [3.8, 4) is 0 Å². The summed E-state index contributed by atoms with van der Waals surface area (Å²) in [6.45, 7) is 1.24. The van der Waals surface area contributed by atoms with Gasteiger partial charge in [0.15, 0.2) is 0 Å². The highest BCUT2D eigenvalue weighted by Gasteiger charge is 2.28. The monoisotopic (exact) mass is 235 g/mol. The standard InChI is InChI=1S/C14H21NS/c1-2-6-13(15-9-3-1)11-5-4-7-14-12(11)8-10-16-14/h8,10-11,13,15H,1-7,9H2. The smallest absolute Gasteiger partial charge is 0.0136 e. The summed E-state index contributed by atoms with van der Waals surface area (Å²) in [4.78, 5) is 1.67. The molecule has 2 atom stereocenters. The van der Waals surface area contributed by atoms with Gasteiger partial charge in [-0.05, 0) is 55.7 Å². The molecule has 0 saturated carbocycles. The summed E-state index contributed by atoms with van der Waals surface area (Å²) in [6.07, 6.45) is 9.74. The maximum Gasteiger partial charge on any atom is 0.0136 e. The predicted octanol–water partition coefficient (Wildman–Crippen LogP) is 3.70. The third-order valence-corrected chi connectivity index (χ3v) is 5.18. The van der Waals surface area contributed by atoms with Crippen molar-refractivity contribution in [2.24, 2.45) is 0 Å². The van der Waals surface area contributed by atoms with Crippen molar-refractivity contribution < 1.29 is 0 Å². The van der Waals surface area contributed by atoms with Crippen LogP contribution in [0.1, 0.15) is 54.9 Å². The Kier molecular flexibility index (Phi) is 3.30. The van der Waals surface area contributed by atoms with Gasteiger partial charge in [0.05, 0.1) is 0 Å². The summed E-state index contributed by atoms with van der Waals surface area (Å²) >= 11 is 1.97. The fourth-order valence-corrected chi connectivity index (χ4v) is 4.34. The summed E-state index contributed by atoms with van der Waals surface area (Å²) in [5.74, 6) is 0.813. The Balaban J connectivity index is 1.80. The molecule has 88 valence electrons. The summed E-state index contributed by atoms with van der Waals surface area (Å²) in [7, 11) is 0. The van der Waals surface area contributed by atoms with Gasteiger partial charge in [-0.3, -0.25) is 0 Å². The highest BCUT2D eigenvalue weighted by atomic mass is 32.1. The van der Waals surface area contributed by atoms with E-state index in [9.17, 15) is 0 Å². The van der Waals surface area contributed by atoms with E-state index in [4.69, 9.17) is 0 Å². The lowest BCUT2D eigenvalue weighted by Gasteiger charge is -2.30. The second kappa shape index (κ2) is 4.89. The van der Waals surface area contributed by atoms with Gasteiger partial charge in [-0.1, -0.05) is 12.8 Å². The SMILES string of the molecule is c1cc2c(s1)CCCC2C1CCCCCN1. The van der Waals surface area contributed by atoms with E-state index in [1.807, 2.05) is 11.3 Å². The van der Waals surface area contributed by atoms with Gasteiger partial charge in [0.25, 0.3) is 0 Å². The van der Waals surface area contributed by atoms with Crippen LogP contribution in [-0.4, -0.2) is 12.6 Å². The number of aryl methyl sites for hydroxylation is 1. The Hall–Kier alpha value is -0.340. The van der Waals surface area contributed by atoms with Crippen LogP contribution < -0.4 is 5.32 Å². The molecule has 2 aliphatic rings. The third kappa shape index (κ3) is 2.05. The number of rotatable bonds is 1. The molecule has 0 amide bonds. The molecular weight excluding hydrogens is 214 g/mol. The fraction of sp³-hybridized carbons (Fsp3) is 0.714. The molecule has 16 heavy (non-hydrogen) atoms. The van der Waals surface area contributed by atoms with Crippen LogP contribution in [0.3, 0.4) is 0 Å². The van der Waals surface area contributed by atoms with E-state index in [1.165, 1.54) is 51.5 Å². The molecule has 1 N–H and O–H groups in total. The highest BCUT2D eigenvalue weighted by molar-refractivity contribution is 7.10. The first-order chi connectivity index (χ1) is 7.95. The van der Waals surface area contributed by atoms with Crippen LogP contribution in [0.2, 0.25) is 0 Å². The molecule has 1 fully saturated rings. The zero-order valence-electron chi connectivity index (χ0n) is 9.87. The first kappa shape index (κ1) is 10.8. The van der Waals surface area contributed by atoms with Crippen LogP contribution in [-0.2, 0) is 6.42 Å². The predicted molar refractivity (Wildman–Crippen MR) is 70.3 cm³/mol. The Labute approximate surface area is 102 Å². The Morgan fingerprint density at radius 3 is 3.12 bits per heavy atom. The van der Waals surface area contributed by atoms with Crippen molar-refractivity contribution in [3.63, 3.8) is 0 Å². The molecule has 3 rings (SSSR count). The van der Waals surface area contributed by atoms with E-state index in [0.717, 1.165) is 12.0 Å². The quantitative estimate of drug-likeness (QED) is 0.782. The molecular formula is C14H21NS. The number of hydrogen-bond donors (Lipinski definition) is 1. The summed E-state index contributed by atoms with van der Waals surface area (Å²) in [5.41, 5.74) is 1.68. The van der Waals surface area contributed by atoms with Gasteiger partial charge < -0.3 is 5.32 Å². The maximum atomic E-state index is 3.79. The van der Waals surface area contributed by atoms with Gasteiger partial charge in [0, 0.05) is 16.8 Å². The Morgan fingerprint density at radius 2 is 2.12 bits per heavy atom. The zero-order valence-corrected chi connectivity index (χ0v) is 10.7. The summed E-state index contributed by atoms with van der Waals surface area (Å²) < 4.78 is 0. The van der Waals surface area contributed by atoms with Gasteiger partial charge >= 0.3 is 0 Å². The summed E-state index contributed by atoms with van der Waals surface area (Å²) in [5, 5.41) is 6.08. The largest absolute Gasteiger partial charge is 0.313 e. The van der Waals surface area contributed by atoms with Crippen LogP contribution in [0.5, 0.6) is 0 Å². The lowest BCUT2D eigenvalue weighted by molar-refractivity contribution is 0.389. The third-order valence-electron chi connectivity index (χ3n) is 4.18. The molecule has 1 aromatic rings. The van der Waals surface area contributed by atoms with Gasteiger partial charge in [0.2, 0.25) is 0 Å². The molecule has 1 aliphatic carbocycles. The van der Waals surface area contributed by atoms with Crippen molar-refractivity contribution in [2.45, 2.75) is 56.9 Å². The van der Waals surface area contributed by atoms with Crippen molar-refractivity contribution >= 4 is 11.3 Å². The second-order valence-corrected chi connectivity index (χ2v) is 6.21. The lowest BCUT2D eigenvalue weighted by Crippen LogP contribution is -2.35. The maximum absolute atomic E-state index is 3.79. The molecule has 0 bridgehead atoms. The van der Waals surface area contributed by atoms with E-state index in [2.05, 4.69) is 16.8 Å². The molecule has 1 saturated heterocycles. The van der Waals surface area contributed by atoms with E-state index in [-0.39, 0.29) is 0 Å². The van der Waals surface area contributed by atoms with E-state index in [0.29, 0.717) is 0 Å². The molecule has 2 unspecified atom stereocenters. The first-order valence-corrected chi connectivity index (χ1v) is 7.63. The Bertz CT molecular complexity index is 336. The molecule has 0 aromatic carbocycles. The number of thiophene rings is 1. The minimum atomic E-state index is 0.760. The average Bonchev–Trinajstić information content (AvgIpc) is 2.63. The highest BCUT2D eigenvalue weighted by Crippen LogP contribution is 2.38. The van der Waals surface area contributed by atoms with Gasteiger partial charge in [0.1, 0.15) is 0 Å². The zero-order chi connectivity index (χ0) is 10.8. The van der Waals surface area contributed by atoms with Gasteiger partial charge in [-0.15, -0.1) is 11.3 Å². The normalized spacial score (nSPS) is 30.8. The fourth-order valence-electron chi connectivity index (χ4n) is 3.34. The molecule has 0 radical (unpaired) electrons. The molecule has 1 aromatic heterocycles. The van der Waals surface area contributed by atoms with Gasteiger partial charge in [-0.2, -0.15) is 0 Å². The van der Waals surface area contributed by atoms with Crippen molar-refractivity contribution in [1.29, 1.82) is 0 Å². The number of nitrogens with one attached hydrogen (secondary N) is 1. The van der Waals surface area contributed by atoms with E-state index in [1.54, 1.807) is 10.4 Å². The Morgan fingerprint density at radius 1 is 1.12 bits per heavy atom. The van der Waals surface area contributed by atoms with Gasteiger partial charge in [-0.25, -0.2) is 0 Å². The van der Waals surface area contributed by atoms with Crippen LogP contribution in [0.25, 0.3) is 0 Å². The van der Waals surface area contributed by atoms with Crippen LogP contribution >= 0.6 is 11.3 Å². The summed E-state index contributed by atoms with van der Waals surface area (Å²) in [6, 6.07) is 3.15. The average molecular weight is 235 g/mol. The second-order valence-electron chi connectivity index (χ2n) is 5.21. The minimum Gasteiger partial charge on any atom is -0.313 e. The van der Waals surface area contributed by atoms with Crippen molar-refractivity contribution in [1.82, 2.24) is 5.32 Å². The number of hydrogen-bond acceptors (Lipinski definition) is 2. The molecule has 2 heterocycles. The molecule has 1 aliphatic heterocycles. The van der Waals surface area contributed by atoms with Crippen molar-refractivity contribution in [3.05, 3.63) is 21.9 Å². The van der Waals surface area contributed by atoms with Crippen molar-refractivity contribution in [2.75, 3.05) is 6.54 Å². The van der Waals surface area contributed by atoms with Crippen LogP contribution in [0.15, 0.2) is 11.4 Å². The minimum absolute atomic E-state index is 0.760. The topological polar surface area (TPSA) is 12.0 Å². The number of fused-ring (bicyclic) bond motifs is 1.